The quantitative estimate of drug-likeness (QED) is 0.740. The molecule has 0 spiro atoms. The summed E-state index contributed by atoms with van der Waals surface area (Å²) in [6.07, 6.45) is -3.33. The van der Waals surface area contributed by atoms with Crippen molar-refractivity contribution in [2.24, 2.45) is 5.92 Å². The van der Waals surface area contributed by atoms with Gasteiger partial charge in [-0.25, -0.2) is 0 Å². The second kappa shape index (κ2) is 6.88. The number of rotatable bonds is 2. The molecule has 0 bridgehead atoms. The van der Waals surface area contributed by atoms with E-state index >= 15 is 0 Å². The predicted molar refractivity (Wildman–Crippen MR) is 101 cm³/mol. The molecular weight excluding hydrogens is 393 g/mol. The number of carboxylic acids is 1. The van der Waals surface area contributed by atoms with Crippen molar-refractivity contribution in [3.8, 4) is 0 Å². The van der Waals surface area contributed by atoms with E-state index in [2.05, 4.69) is 4.90 Å². The van der Waals surface area contributed by atoms with Gasteiger partial charge in [0.15, 0.2) is 0 Å². The lowest BCUT2D eigenvalue weighted by atomic mass is 9.88. The average molecular weight is 411 g/mol. The zero-order chi connectivity index (χ0) is 20.1. The van der Waals surface area contributed by atoms with Crippen molar-refractivity contribution in [2.45, 2.75) is 25.1 Å². The highest BCUT2D eigenvalue weighted by atomic mass is 35.5. The maximum absolute atomic E-state index is 12.9. The third-order valence-corrected chi connectivity index (χ3v) is 5.74. The van der Waals surface area contributed by atoms with Crippen LogP contribution in [0.25, 0.3) is 0 Å². The monoisotopic (exact) mass is 410 g/mol. The van der Waals surface area contributed by atoms with E-state index in [1.54, 1.807) is 12.1 Å². The molecule has 4 nitrogen and oxygen atoms in total. The fourth-order valence-corrected chi connectivity index (χ4v) is 4.27. The number of aliphatic carboxylic acids is 1. The number of nitrogens with zero attached hydrogens (tertiary/aromatic N) is 2. The van der Waals surface area contributed by atoms with Crippen LogP contribution in [-0.2, 0) is 11.0 Å². The van der Waals surface area contributed by atoms with Crippen LogP contribution in [0.5, 0.6) is 0 Å². The SMILES string of the molecule is O=C(O)[C@@H]1CCN2c3ccc(Cl)cc3N(c3ccc(C(F)(F)F)cc3)C[C@@H]2C1. The molecule has 2 aromatic rings. The van der Waals surface area contributed by atoms with Gasteiger partial charge in [-0.05, 0) is 55.3 Å². The molecule has 1 N–H and O–H groups in total. The van der Waals surface area contributed by atoms with Crippen molar-refractivity contribution in [1.29, 1.82) is 0 Å². The lowest BCUT2D eigenvalue weighted by Gasteiger charge is -2.48. The fraction of sp³-hybridized carbons (Fsp3) is 0.350. The maximum atomic E-state index is 12.9. The van der Waals surface area contributed by atoms with E-state index in [9.17, 15) is 23.1 Å². The van der Waals surface area contributed by atoms with E-state index in [-0.39, 0.29) is 6.04 Å². The van der Waals surface area contributed by atoms with Crippen molar-refractivity contribution in [1.82, 2.24) is 0 Å². The summed E-state index contributed by atoms with van der Waals surface area (Å²) < 4.78 is 38.7. The largest absolute Gasteiger partial charge is 0.481 e. The number of halogens is 4. The van der Waals surface area contributed by atoms with Crippen molar-refractivity contribution >= 4 is 34.6 Å². The Hall–Kier alpha value is -2.41. The van der Waals surface area contributed by atoms with E-state index < -0.39 is 23.6 Å². The summed E-state index contributed by atoms with van der Waals surface area (Å²) in [4.78, 5) is 15.6. The van der Waals surface area contributed by atoms with Gasteiger partial charge in [-0.2, -0.15) is 13.2 Å². The molecule has 2 aliphatic heterocycles. The highest BCUT2D eigenvalue weighted by Gasteiger charge is 2.38. The van der Waals surface area contributed by atoms with Gasteiger partial charge in [-0.15, -0.1) is 0 Å². The highest BCUT2D eigenvalue weighted by molar-refractivity contribution is 6.31. The van der Waals surface area contributed by atoms with E-state index in [0.29, 0.717) is 36.6 Å². The minimum atomic E-state index is -4.39. The molecule has 1 fully saturated rings. The topological polar surface area (TPSA) is 43.8 Å². The molecule has 2 aliphatic rings. The third-order valence-electron chi connectivity index (χ3n) is 5.50. The molecule has 0 aromatic heterocycles. The van der Waals surface area contributed by atoms with Crippen LogP contribution >= 0.6 is 11.6 Å². The number of hydrogen-bond donors (Lipinski definition) is 1. The first-order valence-corrected chi connectivity index (χ1v) is 9.35. The Morgan fingerprint density at radius 2 is 1.82 bits per heavy atom. The van der Waals surface area contributed by atoms with Gasteiger partial charge in [0.25, 0.3) is 0 Å². The number of anilines is 3. The van der Waals surface area contributed by atoms with Gasteiger partial charge in [-0.3, -0.25) is 4.79 Å². The van der Waals surface area contributed by atoms with Gasteiger partial charge >= 0.3 is 12.1 Å². The molecule has 0 aliphatic carbocycles. The minimum absolute atomic E-state index is 0.0363. The van der Waals surface area contributed by atoms with Crippen LogP contribution in [0.15, 0.2) is 42.5 Å². The first kappa shape index (κ1) is 18.9. The Labute approximate surface area is 165 Å². The predicted octanol–water partition coefficient (Wildman–Crippen LogP) is 5.18. The lowest BCUT2D eigenvalue weighted by Crippen LogP contribution is -2.52. The van der Waals surface area contributed by atoms with Gasteiger partial charge in [0.2, 0.25) is 0 Å². The average Bonchev–Trinajstić information content (AvgIpc) is 2.66. The smallest absolute Gasteiger partial charge is 0.416 e. The van der Waals surface area contributed by atoms with Crippen LogP contribution < -0.4 is 9.80 Å². The highest BCUT2D eigenvalue weighted by Crippen LogP contribution is 2.44. The first-order chi connectivity index (χ1) is 13.2. The molecule has 28 heavy (non-hydrogen) atoms. The second-order valence-electron chi connectivity index (χ2n) is 7.20. The van der Waals surface area contributed by atoms with E-state index in [4.69, 9.17) is 11.6 Å². The summed E-state index contributed by atoms with van der Waals surface area (Å²) in [5.41, 5.74) is 1.65. The zero-order valence-electron chi connectivity index (χ0n) is 14.8. The van der Waals surface area contributed by atoms with Gasteiger partial charge in [0, 0.05) is 29.8 Å². The lowest BCUT2D eigenvalue weighted by molar-refractivity contribution is -0.142. The molecular formula is C20H18ClF3N2O2. The Balaban J connectivity index is 1.72. The Morgan fingerprint density at radius 3 is 2.46 bits per heavy atom. The summed E-state index contributed by atoms with van der Waals surface area (Å²) in [5.74, 6) is -1.22. The standard InChI is InChI=1S/C20H18ClF3N2O2/c21-14-3-6-17-18(10-14)26(15-4-1-13(2-5-15)20(22,23)24)11-16-9-12(19(27)28)7-8-25(16)17/h1-6,10,12,16H,7-9,11H2,(H,27,28)/t12-,16+/m1/s1. The molecule has 0 radical (unpaired) electrons. The molecule has 148 valence electrons. The number of carboxylic acid groups (broad SMARTS) is 1. The Morgan fingerprint density at radius 1 is 1.11 bits per heavy atom. The molecule has 2 heterocycles. The molecule has 0 unspecified atom stereocenters. The van der Waals surface area contributed by atoms with E-state index in [1.807, 2.05) is 11.0 Å². The van der Waals surface area contributed by atoms with Crippen LogP contribution in [-0.4, -0.2) is 30.2 Å². The molecule has 2 atom stereocenters. The number of carbonyl (C=O) groups is 1. The molecule has 8 heteroatoms. The second-order valence-corrected chi connectivity index (χ2v) is 7.63. The molecule has 0 amide bonds. The molecule has 1 saturated heterocycles. The first-order valence-electron chi connectivity index (χ1n) is 8.98. The summed E-state index contributed by atoms with van der Waals surface area (Å²) >= 11 is 6.18. The third kappa shape index (κ3) is 3.39. The van der Waals surface area contributed by atoms with E-state index in [0.717, 1.165) is 23.5 Å². The van der Waals surface area contributed by atoms with Gasteiger partial charge in [-0.1, -0.05) is 11.6 Å². The summed E-state index contributed by atoms with van der Waals surface area (Å²) in [6, 6.07) is 10.4. The van der Waals surface area contributed by atoms with Crippen molar-refractivity contribution in [3.63, 3.8) is 0 Å². The van der Waals surface area contributed by atoms with Crippen LogP contribution in [0, 0.1) is 5.92 Å². The van der Waals surface area contributed by atoms with Crippen molar-refractivity contribution in [2.75, 3.05) is 22.9 Å². The Bertz CT molecular complexity index is 901. The zero-order valence-corrected chi connectivity index (χ0v) is 15.5. The van der Waals surface area contributed by atoms with Gasteiger partial charge in [0.05, 0.1) is 22.9 Å². The van der Waals surface area contributed by atoms with Gasteiger partial charge in [0.1, 0.15) is 0 Å². The number of hydrogen-bond acceptors (Lipinski definition) is 3. The number of fused-ring (bicyclic) bond motifs is 3. The van der Waals surface area contributed by atoms with Crippen molar-refractivity contribution in [3.05, 3.63) is 53.1 Å². The van der Waals surface area contributed by atoms with Crippen LogP contribution in [0.3, 0.4) is 0 Å². The van der Waals surface area contributed by atoms with Crippen LogP contribution in [0.1, 0.15) is 18.4 Å². The molecule has 2 aromatic carbocycles. The molecule has 4 rings (SSSR count). The number of benzene rings is 2. The Kier molecular flexibility index (Phi) is 4.65. The normalized spacial score (nSPS) is 21.9. The maximum Gasteiger partial charge on any atom is 0.416 e. The van der Waals surface area contributed by atoms with E-state index in [1.165, 1.54) is 12.1 Å². The number of alkyl halides is 3. The van der Waals surface area contributed by atoms with Crippen molar-refractivity contribution < 1.29 is 23.1 Å². The fourth-order valence-electron chi connectivity index (χ4n) is 4.11. The molecule has 0 saturated carbocycles. The summed E-state index contributed by atoms with van der Waals surface area (Å²) in [6.45, 7) is 1.11. The van der Waals surface area contributed by atoms with Crippen LogP contribution in [0.4, 0.5) is 30.2 Å². The summed E-state index contributed by atoms with van der Waals surface area (Å²) in [7, 11) is 0. The number of piperidine rings is 1. The summed E-state index contributed by atoms with van der Waals surface area (Å²) in [5, 5.41) is 9.93. The van der Waals surface area contributed by atoms with Gasteiger partial charge < -0.3 is 14.9 Å². The van der Waals surface area contributed by atoms with Crippen LogP contribution in [0.2, 0.25) is 5.02 Å². The minimum Gasteiger partial charge on any atom is -0.481 e.